The summed E-state index contributed by atoms with van der Waals surface area (Å²) in [4.78, 5) is 4.09. The lowest BCUT2D eigenvalue weighted by atomic mass is 10.1. The summed E-state index contributed by atoms with van der Waals surface area (Å²) < 4.78 is 11.0. The molecule has 0 unspecified atom stereocenters. The van der Waals surface area contributed by atoms with E-state index in [0.717, 1.165) is 24.4 Å². The number of aryl methyl sites for hydroxylation is 2. The van der Waals surface area contributed by atoms with Crippen LogP contribution in [0.25, 0.3) is 0 Å². The van der Waals surface area contributed by atoms with Crippen LogP contribution >= 0.6 is 0 Å². The average molecular weight is 246 g/mol. The Morgan fingerprint density at radius 3 is 2.94 bits per heavy atom. The van der Waals surface area contributed by atoms with Gasteiger partial charge in [-0.05, 0) is 31.0 Å². The van der Waals surface area contributed by atoms with Gasteiger partial charge in [0.25, 0.3) is 6.01 Å². The molecule has 2 rings (SSSR count). The number of anilines is 1. The molecule has 96 valence electrons. The second-order valence-electron chi connectivity index (χ2n) is 3.96. The fourth-order valence-electron chi connectivity index (χ4n) is 1.76. The summed E-state index contributed by atoms with van der Waals surface area (Å²) in [6, 6.07) is 8.71. The molecule has 4 heteroatoms. The molecule has 0 fully saturated rings. The van der Waals surface area contributed by atoms with Crippen LogP contribution in [0.5, 0.6) is 5.75 Å². The van der Waals surface area contributed by atoms with Gasteiger partial charge in [-0.2, -0.15) is 0 Å². The van der Waals surface area contributed by atoms with Crippen molar-refractivity contribution in [3.63, 3.8) is 0 Å². The molecular weight excluding hydrogens is 228 g/mol. The monoisotopic (exact) mass is 246 g/mol. The number of aromatic nitrogens is 1. The van der Waals surface area contributed by atoms with Crippen LogP contribution in [-0.4, -0.2) is 18.6 Å². The number of oxazole rings is 1. The first kappa shape index (κ1) is 12.5. The minimum atomic E-state index is 0.563. The summed E-state index contributed by atoms with van der Waals surface area (Å²) in [5.74, 6) is 1.81. The highest BCUT2D eigenvalue weighted by Gasteiger charge is 2.03. The van der Waals surface area contributed by atoms with Gasteiger partial charge in [0, 0.05) is 13.5 Å². The predicted octanol–water partition coefficient (Wildman–Crippen LogP) is 2.90. The molecule has 18 heavy (non-hydrogen) atoms. The molecule has 0 radical (unpaired) electrons. The summed E-state index contributed by atoms with van der Waals surface area (Å²) in [6.07, 6.45) is 3.52. The zero-order chi connectivity index (χ0) is 12.8. The fraction of sp³-hybridized carbons (Fsp3) is 0.357. The molecule has 0 spiro atoms. The first-order valence-electron chi connectivity index (χ1n) is 6.16. The smallest absolute Gasteiger partial charge is 0.294 e. The van der Waals surface area contributed by atoms with Gasteiger partial charge in [0.15, 0.2) is 0 Å². The third-order valence-corrected chi connectivity index (χ3v) is 2.64. The van der Waals surface area contributed by atoms with Gasteiger partial charge in [0.05, 0.1) is 12.8 Å². The molecule has 0 aliphatic rings. The van der Waals surface area contributed by atoms with Crippen LogP contribution in [0, 0.1) is 0 Å². The van der Waals surface area contributed by atoms with Crippen molar-refractivity contribution in [2.24, 2.45) is 0 Å². The van der Waals surface area contributed by atoms with Gasteiger partial charge in [-0.25, -0.2) is 4.98 Å². The van der Waals surface area contributed by atoms with Crippen molar-refractivity contribution in [3.8, 4) is 5.75 Å². The Bertz CT molecular complexity index is 494. The van der Waals surface area contributed by atoms with E-state index in [0.29, 0.717) is 12.6 Å². The summed E-state index contributed by atoms with van der Waals surface area (Å²) in [7, 11) is 1.79. The van der Waals surface area contributed by atoms with Gasteiger partial charge in [-0.1, -0.05) is 12.1 Å². The van der Waals surface area contributed by atoms with Crippen LogP contribution in [0.2, 0.25) is 0 Å². The Morgan fingerprint density at radius 2 is 2.22 bits per heavy atom. The fourth-order valence-corrected chi connectivity index (χ4v) is 1.76. The molecule has 0 aliphatic heterocycles. The number of rotatable bonds is 6. The van der Waals surface area contributed by atoms with Crippen LogP contribution in [-0.2, 0) is 12.8 Å². The van der Waals surface area contributed by atoms with Crippen LogP contribution in [0.15, 0.2) is 34.9 Å². The Labute approximate surface area is 107 Å². The second kappa shape index (κ2) is 6.10. The van der Waals surface area contributed by atoms with Crippen molar-refractivity contribution in [1.29, 1.82) is 0 Å². The number of ether oxygens (including phenoxy) is 1. The number of nitrogens with zero attached hydrogens (tertiary/aromatic N) is 1. The topological polar surface area (TPSA) is 47.3 Å². The third-order valence-electron chi connectivity index (χ3n) is 2.64. The minimum Gasteiger partial charge on any atom is -0.494 e. The van der Waals surface area contributed by atoms with Crippen molar-refractivity contribution in [2.75, 3.05) is 19.0 Å². The maximum absolute atomic E-state index is 5.48. The lowest BCUT2D eigenvalue weighted by Gasteiger charge is -2.05. The molecule has 1 N–H and O–H groups in total. The molecule has 0 amide bonds. The first-order valence-corrected chi connectivity index (χ1v) is 6.16. The average Bonchev–Trinajstić information content (AvgIpc) is 2.85. The molecule has 2 aromatic rings. The van der Waals surface area contributed by atoms with E-state index in [9.17, 15) is 0 Å². The van der Waals surface area contributed by atoms with Crippen LogP contribution < -0.4 is 10.1 Å². The van der Waals surface area contributed by atoms with Crippen LogP contribution in [0.1, 0.15) is 18.2 Å². The van der Waals surface area contributed by atoms with E-state index in [-0.39, 0.29) is 0 Å². The highest BCUT2D eigenvalue weighted by atomic mass is 16.5. The Kier molecular flexibility index (Phi) is 4.23. The highest BCUT2D eigenvalue weighted by Crippen LogP contribution is 2.16. The van der Waals surface area contributed by atoms with Crippen molar-refractivity contribution in [1.82, 2.24) is 4.98 Å². The molecule has 0 saturated heterocycles. The Morgan fingerprint density at radius 1 is 1.33 bits per heavy atom. The van der Waals surface area contributed by atoms with E-state index in [4.69, 9.17) is 9.15 Å². The van der Waals surface area contributed by atoms with Crippen molar-refractivity contribution in [2.45, 2.75) is 19.8 Å². The van der Waals surface area contributed by atoms with E-state index < -0.39 is 0 Å². The predicted molar refractivity (Wildman–Crippen MR) is 71.1 cm³/mol. The molecule has 0 saturated carbocycles. The molecule has 1 aromatic carbocycles. The maximum atomic E-state index is 5.48. The molecule has 0 aliphatic carbocycles. The summed E-state index contributed by atoms with van der Waals surface area (Å²) in [6.45, 7) is 2.68. The van der Waals surface area contributed by atoms with Gasteiger partial charge in [0.2, 0.25) is 0 Å². The standard InChI is InChI=1S/C14H18N2O2/c1-3-17-12-6-4-5-11(9-12)7-8-13-10-16-14(15-2)18-13/h4-6,9-10H,3,7-8H2,1-2H3,(H,15,16). The lowest BCUT2D eigenvalue weighted by molar-refractivity contribution is 0.340. The van der Waals surface area contributed by atoms with E-state index in [2.05, 4.69) is 22.4 Å². The van der Waals surface area contributed by atoms with Crippen molar-refractivity contribution in [3.05, 3.63) is 41.8 Å². The van der Waals surface area contributed by atoms with E-state index >= 15 is 0 Å². The quantitative estimate of drug-likeness (QED) is 0.851. The SMILES string of the molecule is CCOc1cccc(CCc2cnc(NC)o2)c1. The summed E-state index contributed by atoms with van der Waals surface area (Å²) in [5.41, 5.74) is 1.24. The maximum Gasteiger partial charge on any atom is 0.294 e. The normalized spacial score (nSPS) is 10.3. The van der Waals surface area contributed by atoms with Crippen LogP contribution in [0.3, 0.4) is 0 Å². The molecule has 0 atom stereocenters. The first-order chi connectivity index (χ1) is 8.81. The number of benzene rings is 1. The van der Waals surface area contributed by atoms with Crippen molar-refractivity contribution < 1.29 is 9.15 Å². The molecular formula is C14H18N2O2. The van der Waals surface area contributed by atoms with Crippen LogP contribution in [0.4, 0.5) is 6.01 Å². The van der Waals surface area contributed by atoms with E-state index in [1.807, 2.05) is 19.1 Å². The second-order valence-corrected chi connectivity index (χ2v) is 3.96. The summed E-state index contributed by atoms with van der Waals surface area (Å²) in [5, 5.41) is 2.87. The minimum absolute atomic E-state index is 0.563. The molecule has 0 bridgehead atoms. The Hall–Kier alpha value is -1.97. The van der Waals surface area contributed by atoms with Gasteiger partial charge in [-0.3, -0.25) is 0 Å². The zero-order valence-corrected chi connectivity index (χ0v) is 10.8. The van der Waals surface area contributed by atoms with Gasteiger partial charge in [0.1, 0.15) is 11.5 Å². The van der Waals surface area contributed by atoms with Gasteiger partial charge in [-0.15, -0.1) is 0 Å². The van der Waals surface area contributed by atoms with Crippen molar-refractivity contribution >= 4 is 6.01 Å². The van der Waals surface area contributed by atoms with E-state index in [1.54, 1.807) is 13.2 Å². The summed E-state index contributed by atoms with van der Waals surface area (Å²) >= 11 is 0. The Balaban J connectivity index is 1.94. The lowest BCUT2D eigenvalue weighted by Crippen LogP contribution is -1.94. The van der Waals surface area contributed by atoms with E-state index in [1.165, 1.54) is 5.56 Å². The highest BCUT2D eigenvalue weighted by molar-refractivity contribution is 5.29. The largest absolute Gasteiger partial charge is 0.494 e. The molecule has 4 nitrogen and oxygen atoms in total. The third kappa shape index (κ3) is 3.26. The number of hydrogen-bond acceptors (Lipinski definition) is 4. The van der Waals surface area contributed by atoms with Gasteiger partial charge >= 0.3 is 0 Å². The number of hydrogen-bond donors (Lipinski definition) is 1. The molecule has 1 aromatic heterocycles. The zero-order valence-electron chi connectivity index (χ0n) is 10.8. The number of nitrogens with one attached hydrogen (secondary N) is 1. The molecule has 1 heterocycles. The van der Waals surface area contributed by atoms with Gasteiger partial charge < -0.3 is 14.5 Å².